The van der Waals surface area contributed by atoms with Crippen molar-refractivity contribution in [2.45, 2.75) is 45.6 Å². The van der Waals surface area contributed by atoms with E-state index in [0.717, 1.165) is 25.1 Å². The molecule has 2 N–H and O–H groups in total. The normalized spacial score (nSPS) is 22.8. The van der Waals surface area contributed by atoms with Gasteiger partial charge in [0.2, 0.25) is 0 Å². The number of nitrogens with one attached hydrogen (secondary N) is 2. The molecule has 4 nitrogen and oxygen atoms in total. The van der Waals surface area contributed by atoms with E-state index in [1.165, 1.54) is 12.8 Å². The van der Waals surface area contributed by atoms with Gasteiger partial charge in [-0.25, -0.2) is 0 Å². The fourth-order valence-corrected chi connectivity index (χ4v) is 2.69. The molecule has 0 spiro atoms. The third-order valence-electron chi connectivity index (χ3n) is 3.65. The SMILES string of the molecule is CCNc1ccnc(C(=O)NC2CCCC(C)C2)c1. The molecule has 0 saturated heterocycles. The minimum absolute atomic E-state index is 0.0566. The Hall–Kier alpha value is -1.58. The molecule has 1 saturated carbocycles. The van der Waals surface area contributed by atoms with Crippen LogP contribution in [0.2, 0.25) is 0 Å². The topological polar surface area (TPSA) is 54.0 Å². The zero-order valence-electron chi connectivity index (χ0n) is 11.8. The van der Waals surface area contributed by atoms with Crippen molar-refractivity contribution in [3.05, 3.63) is 24.0 Å². The van der Waals surface area contributed by atoms with E-state index in [2.05, 4.69) is 22.5 Å². The van der Waals surface area contributed by atoms with Gasteiger partial charge in [0.15, 0.2) is 0 Å². The lowest BCUT2D eigenvalue weighted by molar-refractivity contribution is 0.0916. The Labute approximate surface area is 115 Å². The molecule has 2 unspecified atom stereocenters. The van der Waals surface area contributed by atoms with E-state index in [-0.39, 0.29) is 5.91 Å². The van der Waals surface area contributed by atoms with E-state index in [9.17, 15) is 4.79 Å². The van der Waals surface area contributed by atoms with Crippen molar-refractivity contribution in [3.8, 4) is 0 Å². The van der Waals surface area contributed by atoms with Crippen LogP contribution < -0.4 is 10.6 Å². The maximum atomic E-state index is 12.2. The monoisotopic (exact) mass is 261 g/mol. The smallest absolute Gasteiger partial charge is 0.270 e. The number of hydrogen-bond acceptors (Lipinski definition) is 3. The molecule has 1 aromatic heterocycles. The van der Waals surface area contributed by atoms with Gasteiger partial charge in [0.25, 0.3) is 5.91 Å². The Balaban J connectivity index is 1.97. The Morgan fingerprint density at radius 2 is 2.32 bits per heavy atom. The van der Waals surface area contributed by atoms with Crippen LogP contribution in [0.3, 0.4) is 0 Å². The summed E-state index contributed by atoms with van der Waals surface area (Å²) in [6.45, 7) is 5.12. The average molecular weight is 261 g/mol. The summed E-state index contributed by atoms with van der Waals surface area (Å²) in [5.74, 6) is 0.652. The predicted octanol–water partition coefficient (Wildman–Crippen LogP) is 2.82. The van der Waals surface area contributed by atoms with Crippen LogP contribution in [-0.4, -0.2) is 23.5 Å². The Bertz CT molecular complexity index is 433. The molecular weight excluding hydrogens is 238 g/mol. The van der Waals surface area contributed by atoms with Gasteiger partial charge in [0.05, 0.1) is 0 Å². The van der Waals surface area contributed by atoms with E-state index < -0.39 is 0 Å². The minimum atomic E-state index is -0.0566. The van der Waals surface area contributed by atoms with Crippen LogP contribution >= 0.6 is 0 Å². The van der Waals surface area contributed by atoms with Crippen molar-refractivity contribution in [3.63, 3.8) is 0 Å². The first kappa shape index (κ1) is 13.8. The number of pyridine rings is 1. The van der Waals surface area contributed by atoms with E-state index in [0.29, 0.717) is 17.7 Å². The van der Waals surface area contributed by atoms with Gasteiger partial charge in [0.1, 0.15) is 5.69 Å². The second-order valence-corrected chi connectivity index (χ2v) is 5.40. The van der Waals surface area contributed by atoms with Crippen LogP contribution in [0.4, 0.5) is 5.69 Å². The highest BCUT2D eigenvalue weighted by Gasteiger charge is 2.21. The van der Waals surface area contributed by atoms with Gasteiger partial charge in [-0.1, -0.05) is 19.8 Å². The molecule has 0 bridgehead atoms. The molecule has 1 aliphatic rings. The summed E-state index contributed by atoms with van der Waals surface area (Å²) in [5, 5.41) is 6.30. The number of amides is 1. The molecule has 2 rings (SSSR count). The zero-order chi connectivity index (χ0) is 13.7. The third kappa shape index (κ3) is 3.94. The molecule has 1 heterocycles. The van der Waals surface area contributed by atoms with Gasteiger partial charge >= 0.3 is 0 Å². The quantitative estimate of drug-likeness (QED) is 0.876. The van der Waals surface area contributed by atoms with Crippen LogP contribution in [0.1, 0.15) is 50.0 Å². The van der Waals surface area contributed by atoms with Gasteiger partial charge in [-0.2, -0.15) is 0 Å². The summed E-state index contributed by atoms with van der Waals surface area (Å²) >= 11 is 0. The van der Waals surface area contributed by atoms with Crippen molar-refractivity contribution in [1.29, 1.82) is 0 Å². The maximum Gasteiger partial charge on any atom is 0.270 e. The first-order valence-corrected chi connectivity index (χ1v) is 7.19. The highest BCUT2D eigenvalue weighted by molar-refractivity contribution is 5.93. The molecule has 0 aliphatic heterocycles. The number of aromatic nitrogens is 1. The number of rotatable bonds is 4. The fraction of sp³-hybridized carbons (Fsp3) is 0.600. The second kappa shape index (κ2) is 6.55. The van der Waals surface area contributed by atoms with Gasteiger partial charge in [0, 0.05) is 24.5 Å². The van der Waals surface area contributed by atoms with E-state index >= 15 is 0 Å². The first-order chi connectivity index (χ1) is 9.19. The largest absolute Gasteiger partial charge is 0.385 e. The summed E-state index contributed by atoms with van der Waals surface area (Å²) in [6, 6.07) is 3.99. The Kier molecular flexibility index (Phi) is 4.77. The molecule has 19 heavy (non-hydrogen) atoms. The van der Waals surface area contributed by atoms with E-state index in [1.54, 1.807) is 6.20 Å². The summed E-state index contributed by atoms with van der Waals surface area (Å²) in [6.07, 6.45) is 6.33. The molecule has 2 atom stereocenters. The number of anilines is 1. The van der Waals surface area contributed by atoms with Crippen LogP contribution in [0, 0.1) is 5.92 Å². The van der Waals surface area contributed by atoms with Crippen molar-refractivity contribution in [2.75, 3.05) is 11.9 Å². The minimum Gasteiger partial charge on any atom is -0.385 e. The zero-order valence-corrected chi connectivity index (χ0v) is 11.8. The van der Waals surface area contributed by atoms with Crippen LogP contribution in [0.25, 0.3) is 0 Å². The summed E-state index contributed by atoms with van der Waals surface area (Å²) in [5.41, 5.74) is 1.44. The Morgan fingerprint density at radius 1 is 1.47 bits per heavy atom. The van der Waals surface area contributed by atoms with E-state index in [1.807, 2.05) is 19.1 Å². The first-order valence-electron chi connectivity index (χ1n) is 7.19. The standard InChI is InChI=1S/C15H23N3O/c1-3-16-12-7-8-17-14(10-12)15(19)18-13-6-4-5-11(2)9-13/h7-8,10-11,13H,3-6,9H2,1-2H3,(H,16,17)(H,18,19). The lowest BCUT2D eigenvalue weighted by atomic mass is 9.87. The molecule has 1 aromatic rings. The summed E-state index contributed by atoms with van der Waals surface area (Å²) < 4.78 is 0. The van der Waals surface area contributed by atoms with Crippen LogP contribution in [-0.2, 0) is 0 Å². The molecule has 104 valence electrons. The third-order valence-corrected chi connectivity index (χ3v) is 3.65. The predicted molar refractivity (Wildman–Crippen MR) is 77.3 cm³/mol. The van der Waals surface area contributed by atoms with Crippen molar-refractivity contribution < 1.29 is 4.79 Å². The number of carbonyl (C=O) groups excluding carboxylic acids is 1. The fourth-order valence-electron chi connectivity index (χ4n) is 2.69. The molecule has 1 fully saturated rings. The molecular formula is C15H23N3O. The van der Waals surface area contributed by atoms with Gasteiger partial charge in [-0.3, -0.25) is 9.78 Å². The van der Waals surface area contributed by atoms with Gasteiger partial charge in [-0.05, 0) is 37.8 Å². The van der Waals surface area contributed by atoms with E-state index in [4.69, 9.17) is 0 Å². The maximum absolute atomic E-state index is 12.2. The highest BCUT2D eigenvalue weighted by atomic mass is 16.1. The molecule has 1 amide bonds. The van der Waals surface area contributed by atoms with Crippen molar-refractivity contribution in [2.24, 2.45) is 5.92 Å². The number of carbonyl (C=O) groups is 1. The van der Waals surface area contributed by atoms with Crippen molar-refractivity contribution >= 4 is 11.6 Å². The van der Waals surface area contributed by atoms with Crippen LogP contribution in [0.15, 0.2) is 18.3 Å². The molecule has 0 radical (unpaired) electrons. The number of hydrogen-bond donors (Lipinski definition) is 2. The molecule has 4 heteroatoms. The second-order valence-electron chi connectivity index (χ2n) is 5.40. The van der Waals surface area contributed by atoms with Gasteiger partial charge in [-0.15, -0.1) is 0 Å². The Morgan fingerprint density at radius 3 is 3.05 bits per heavy atom. The van der Waals surface area contributed by atoms with Crippen molar-refractivity contribution in [1.82, 2.24) is 10.3 Å². The lowest BCUT2D eigenvalue weighted by Gasteiger charge is -2.27. The van der Waals surface area contributed by atoms with Crippen LogP contribution in [0.5, 0.6) is 0 Å². The number of nitrogens with zero attached hydrogens (tertiary/aromatic N) is 1. The summed E-state index contributed by atoms with van der Waals surface area (Å²) in [4.78, 5) is 16.3. The molecule has 1 aliphatic carbocycles. The lowest BCUT2D eigenvalue weighted by Crippen LogP contribution is -2.38. The molecule has 0 aromatic carbocycles. The highest BCUT2D eigenvalue weighted by Crippen LogP contribution is 2.23. The summed E-state index contributed by atoms with van der Waals surface area (Å²) in [7, 11) is 0. The average Bonchev–Trinajstić information content (AvgIpc) is 2.39. The van der Waals surface area contributed by atoms with Gasteiger partial charge < -0.3 is 10.6 Å².